The van der Waals surface area contributed by atoms with Crippen LogP contribution >= 0.6 is 0 Å². The Bertz CT molecular complexity index is 804. The molecular weight excluding hydrogens is 246 g/mol. The van der Waals surface area contributed by atoms with E-state index in [-0.39, 0.29) is 11.5 Å². The number of aromatic hydroxyl groups is 2. The number of benzene rings is 2. The Morgan fingerprint density at radius 3 is 2.58 bits per heavy atom. The first kappa shape index (κ1) is 11.4. The Hall–Kier alpha value is -2.69. The molecule has 2 aromatic carbocycles. The van der Waals surface area contributed by atoms with E-state index < -0.39 is 0 Å². The average Bonchev–Trinajstić information content (AvgIpc) is 2.75. The topological polar surface area (TPSA) is 82.6 Å². The molecule has 1 aromatic heterocycles. The number of nitrogens with one attached hydrogen (secondary N) is 1. The van der Waals surface area contributed by atoms with Gasteiger partial charge in [-0.1, -0.05) is 0 Å². The van der Waals surface area contributed by atoms with Crippen LogP contribution in [0.3, 0.4) is 0 Å². The molecule has 0 saturated carbocycles. The van der Waals surface area contributed by atoms with Crippen LogP contribution in [0.4, 0.5) is 0 Å². The van der Waals surface area contributed by atoms with E-state index in [1.165, 1.54) is 19.2 Å². The van der Waals surface area contributed by atoms with E-state index >= 15 is 0 Å². The molecule has 1 heterocycles. The highest BCUT2D eigenvalue weighted by atomic mass is 16.5. The van der Waals surface area contributed by atoms with Crippen LogP contribution in [-0.4, -0.2) is 28.6 Å². The zero-order chi connectivity index (χ0) is 13.6. The van der Waals surface area contributed by atoms with Crippen molar-refractivity contribution in [1.82, 2.24) is 4.98 Å². The van der Waals surface area contributed by atoms with Crippen LogP contribution < -0.4 is 4.74 Å². The van der Waals surface area contributed by atoms with Crippen LogP contribution in [0.5, 0.6) is 17.2 Å². The van der Waals surface area contributed by atoms with Gasteiger partial charge in [0.25, 0.3) is 0 Å². The summed E-state index contributed by atoms with van der Waals surface area (Å²) in [7, 11) is 1.46. The summed E-state index contributed by atoms with van der Waals surface area (Å²) in [5, 5.41) is 21.1. The van der Waals surface area contributed by atoms with E-state index in [2.05, 4.69) is 4.98 Å². The number of carbonyl (C=O) groups is 1. The van der Waals surface area contributed by atoms with Crippen LogP contribution in [0, 0.1) is 0 Å². The molecule has 19 heavy (non-hydrogen) atoms. The lowest BCUT2D eigenvalue weighted by molar-refractivity contribution is 0.112. The maximum atomic E-state index is 10.9. The van der Waals surface area contributed by atoms with Gasteiger partial charge in [-0.2, -0.15) is 0 Å². The number of carbonyl (C=O) groups excluding carboxylic acids is 1. The number of hydrogen-bond donors (Lipinski definition) is 3. The number of phenolic OH excluding ortho intramolecular Hbond substituents is 2. The van der Waals surface area contributed by atoms with E-state index in [9.17, 15) is 15.0 Å². The van der Waals surface area contributed by atoms with Crippen molar-refractivity contribution in [3.63, 3.8) is 0 Å². The smallest absolute Gasteiger partial charge is 0.161 e. The quantitative estimate of drug-likeness (QED) is 0.616. The first-order valence-corrected chi connectivity index (χ1v) is 5.64. The lowest BCUT2D eigenvalue weighted by Crippen LogP contribution is -1.83. The monoisotopic (exact) mass is 257 g/mol. The molecule has 0 fully saturated rings. The highest BCUT2D eigenvalue weighted by Crippen LogP contribution is 2.37. The molecule has 0 bridgehead atoms. The van der Waals surface area contributed by atoms with Crippen molar-refractivity contribution in [2.24, 2.45) is 0 Å². The molecule has 0 amide bonds. The Morgan fingerprint density at radius 1 is 1.11 bits per heavy atom. The van der Waals surface area contributed by atoms with Crippen molar-refractivity contribution < 1.29 is 19.7 Å². The molecule has 3 N–H and O–H groups in total. The Kier molecular flexibility index (Phi) is 2.35. The number of ether oxygens (including phenoxy) is 1. The predicted octanol–water partition coefficient (Wildman–Crippen LogP) is 2.55. The zero-order valence-corrected chi connectivity index (χ0v) is 10.1. The summed E-state index contributed by atoms with van der Waals surface area (Å²) in [6.45, 7) is 0. The number of rotatable bonds is 2. The molecule has 3 aromatic rings. The second kappa shape index (κ2) is 3.91. The summed E-state index contributed by atoms with van der Waals surface area (Å²) in [5.41, 5.74) is 1.57. The lowest BCUT2D eigenvalue weighted by atomic mass is 10.1. The second-order valence-corrected chi connectivity index (χ2v) is 4.28. The molecule has 0 aliphatic rings. The fraction of sp³-hybridized carbons (Fsp3) is 0.0714. The van der Waals surface area contributed by atoms with Gasteiger partial charge in [0.2, 0.25) is 0 Å². The number of phenols is 2. The van der Waals surface area contributed by atoms with Crippen molar-refractivity contribution in [3.8, 4) is 17.2 Å². The highest BCUT2D eigenvalue weighted by Gasteiger charge is 2.12. The summed E-state index contributed by atoms with van der Waals surface area (Å²) >= 11 is 0. The van der Waals surface area contributed by atoms with E-state index in [1.54, 1.807) is 12.1 Å². The molecule has 5 heteroatoms. The molecular formula is C14H11NO4. The summed E-state index contributed by atoms with van der Waals surface area (Å²) in [4.78, 5) is 13.9. The van der Waals surface area contributed by atoms with Crippen LogP contribution in [0.15, 0.2) is 24.3 Å². The van der Waals surface area contributed by atoms with E-state index in [0.717, 1.165) is 5.39 Å². The molecule has 0 saturated heterocycles. The number of hydrogen-bond acceptors (Lipinski definition) is 4. The van der Waals surface area contributed by atoms with Crippen molar-refractivity contribution >= 4 is 28.1 Å². The van der Waals surface area contributed by atoms with E-state index in [1.807, 2.05) is 0 Å². The molecule has 3 rings (SSSR count). The van der Waals surface area contributed by atoms with Gasteiger partial charge in [-0.15, -0.1) is 0 Å². The molecule has 0 aliphatic heterocycles. The molecule has 0 aliphatic carbocycles. The maximum Gasteiger partial charge on any atom is 0.161 e. The fourth-order valence-corrected chi connectivity index (χ4v) is 2.25. The normalized spacial score (nSPS) is 11.0. The van der Waals surface area contributed by atoms with E-state index in [0.29, 0.717) is 34.0 Å². The van der Waals surface area contributed by atoms with Gasteiger partial charge in [0.15, 0.2) is 11.5 Å². The third-order valence-electron chi connectivity index (χ3n) is 3.14. The minimum Gasteiger partial charge on any atom is -0.506 e. The van der Waals surface area contributed by atoms with Crippen molar-refractivity contribution in [2.45, 2.75) is 0 Å². The van der Waals surface area contributed by atoms with Gasteiger partial charge in [-0.3, -0.25) is 4.79 Å². The van der Waals surface area contributed by atoms with E-state index in [4.69, 9.17) is 4.74 Å². The van der Waals surface area contributed by atoms with Gasteiger partial charge in [0.05, 0.1) is 18.1 Å². The molecule has 0 unspecified atom stereocenters. The standard InChI is InChI=1S/C14H11NO4/c1-19-13-4-8-9-2-7(6-16)3-12(18)14(9)15-10(8)5-11(13)17/h2-6,15,17-18H,1H3. The van der Waals surface area contributed by atoms with Gasteiger partial charge < -0.3 is 19.9 Å². The SMILES string of the molecule is COc1cc2c(cc1O)[nH]c1c(O)cc(C=O)cc12. The Balaban J connectivity index is 2.47. The summed E-state index contributed by atoms with van der Waals surface area (Å²) in [6.07, 6.45) is 0.676. The summed E-state index contributed by atoms with van der Waals surface area (Å²) in [5.74, 6) is 0.343. The number of aldehydes is 1. The molecule has 5 nitrogen and oxygen atoms in total. The van der Waals surface area contributed by atoms with Crippen LogP contribution in [0.1, 0.15) is 10.4 Å². The Labute approximate surface area is 108 Å². The first-order valence-electron chi connectivity index (χ1n) is 5.64. The third kappa shape index (κ3) is 1.59. The number of aromatic amines is 1. The fourth-order valence-electron chi connectivity index (χ4n) is 2.25. The minimum absolute atomic E-state index is 0.00532. The van der Waals surface area contributed by atoms with Gasteiger partial charge in [-0.25, -0.2) is 0 Å². The van der Waals surface area contributed by atoms with Gasteiger partial charge in [0.1, 0.15) is 12.0 Å². The largest absolute Gasteiger partial charge is 0.506 e. The van der Waals surface area contributed by atoms with Crippen molar-refractivity contribution in [2.75, 3.05) is 7.11 Å². The maximum absolute atomic E-state index is 10.9. The molecule has 96 valence electrons. The van der Waals surface area contributed by atoms with Crippen molar-refractivity contribution in [1.29, 1.82) is 0 Å². The molecule has 0 radical (unpaired) electrons. The molecule has 0 atom stereocenters. The number of fused-ring (bicyclic) bond motifs is 3. The minimum atomic E-state index is -0.00532. The zero-order valence-electron chi connectivity index (χ0n) is 10.1. The van der Waals surface area contributed by atoms with Crippen molar-refractivity contribution in [3.05, 3.63) is 29.8 Å². The van der Waals surface area contributed by atoms with Gasteiger partial charge in [0, 0.05) is 22.4 Å². The van der Waals surface area contributed by atoms with Crippen LogP contribution in [-0.2, 0) is 0 Å². The lowest BCUT2D eigenvalue weighted by Gasteiger charge is -2.02. The average molecular weight is 257 g/mol. The molecule has 0 spiro atoms. The number of aromatic nitrogens is 1. The summed E-state index contributed by atoms with van der Waals surface area (Å²) < 4.78 is 5.06. The van der Waals surface area contributed by atoms with Crippen LogP contribution in [0.25, 0.3) is 21.8 Å². The van der Waals surface area contributed by atoms with Gasteiger partial charge in [-0.05, 0) is 18.2 Å². The van der Waals surface area contributed by atoms with Crippen LogP contribution in [0.2, 0.25) is 0 Å². The number of methoxy groups -OCH3 is 1. The van der Waals surface area contributed by atoms with Gasteiger partial charge >= 0.3 is 0 Å². The predicted molar refractivity (Wildman–Crippen MR) is 71.1 cm³/mol. The first-order chi connectivity index (χ1) is 9.13. The summed E-state index contributed by atoms with van der Waals surface area (Å²) in [6, 6.07) is 6.25. The second-order valence-electron chi connectivity index (χ2n) is 4.28. The third-order valence-corrected chi connectivity index (χ3v) is 3.14. The highest BCUT2D eigenvalue weighted by molar-refractivity contribution is 6.11. The number of H-pyrrole nitrogens is 1. The Morgan fingerprint density at radius 2 is 1.89 bits per heavy atom.